The van der Waals surface area contributed by atoms with Crippen LogP contribution in [0, 0.1) is 0 Å². The van der Waals surface area contributed by atoms with Crippen molar-refractivity contribution >= 4 is 16.9 Å². The molecule has 3 aromatic rings. The first-order chi connectivity index (χ1) is 12.8. The van der Waals surface area contributed by atoms with Crippen molar-refractivity contribution < 1.29 is 9.53 Å². The molecular formula is C21H25N3O2. The van der Waals surface area contributed by atoms with Crippen molar-refractivity contribution in [1.29, 1.82) is 0 Å². The molecule has 0 spiro atoms. The predicted octanol–water partition coefficient (Wildman–Crippen LogP) is 3.92. The van der Waals surface area contributed by atoms with Crippen LogP contribution in [0.4, 0.5) is 0 Å². The molecule has 1 heterocycles. The lowest BCUT2D eigenvalue weighted by atomic mass is 10.2. The van der Waals surface area contributed by atoms with E-state index >= 15 is 0 Å². The lowest BCUT2D eigenvalue weighted by Gasteiger charge is -2.11. The number of para-hydroxylation sites is 3. The number of nitrogens with zero attached hydrogens (tertiary/aromatic N) is 2. The van der Waals surface area contributed by atoms with E-state index in [0.717, 1.165) is 48.4 Å². The summed E-state index contributed by atoms with van der Waals surface area (Å²) in [6.07, 6.45) is 3.28. The molecular weight excluding hydrogens is 326 g/mol. The van der Waals surface area contributed by atoms with Gasteiger partial charge in [0.1, 0.15) is 24.7 Å². The number of aromatic nitrogens is 2. The molecule has 1 aromatic heterocycles. The highest BCUT2D eigenvalue weighted by atomic mass is 16.5. The van der Waals surface area contributed by atoms with Gasteiger partial charge in [-0.2, -0.15) is 0 Å². The fraction of sp³-hybridized carbons (Fsp3) is 0.333. The Morgan fingerprint density at radius 2 is 1.85 bits per heavy atom. The molecule has 1 amide bonds. The average molecular weight is 351 g/mol. The minimum atomic E-state index is 0.00483. The summed E-state index contributed by atoms with van der Waals surface area (Å²) >= 11 is 0. The molecule has 5 nitrogen and oxygen atoms in total. The molecule has 0 saturated carbocycles. The maximum atomic E-state index is 12.3. The highest BCUT2D eigenvalue weighted by Crippen LogP contribution is 2.18. The van der Waals surface area contributed by atoms with Crippen LogP contribution in [0.2, 0.25) is 0 Å². The smallest absolute Gasteiger partial charge is 0.240 e. The Balaban J connectivity index is 1.73. The van der Waals surface area contributed by atoms with Crippen LogP contribution in [0.3, 0.4) is 0 Å². The fourth-order valence-corrected chi connectivity index (χ4v) is 2.88. The topological polar surface area (TPSA) is 56.2 Å². The van der Waals surface area contributed by atoms with Crippen LogP contribution in [0.25, 0.3) is 11.0 Å². The molecule has 5 heteroatoms. The molecule has 2 aromatic carbocycles. The quantitative estimate of drug-likeness (QED) is 0.595. The van der Waals surface area contributed by atoms with Gasteiger partial charge in [0.15, 0.2) is 0 Å². The SMILES string of the molecule is CCCCCNC(=O)Cn1c(COc2ccccc2)nc2ccccc21. The summed E-state index contributed by atoms with van der Waals surface area (Å²) < 4.78 is 7.78. The van der Waals surface area contributed by atoms with Crippen molar-refractivity contribution in [2.24, 2.45) is 0 Å². The molecule has 0 saturated heterocycles. The summed E-state index contributed by atoms with van der Waals surface area (Å²) in [6.45, 7) is 3.44. The van der Waals surface area contributed by atoms with Crippen LogP contribution in [0.15, 0.2) is 54.6 Å². The van der Waals surface area contributed by atoms with E-state index in [1.54, 1.807) is 0 Å². The summed E-state index contributed by atoms with van der Waals surface area (Å²) in [7, 11) is 0. The fourth-order valence-electron chi connectivity index (χ4n) is 2.88. The van der Waals surface area contributed by atoms with Crippen molar-refractivity contribution in [3.05, 3.63) is 60.4 Å². The lowest BCUT2D eigenvalue weighted by molar-refractivity contribution is -0.121. The maximum absolute atomic E-state index is 12.3. The second kappa shape index (κ2) is 9.04. The molecule has 0 bridgehead atoms. The molecule has 0 unspecified atom stereocenters. The van der Waals surface area contributed by atoms with Crippen molar-refractivity contribution in [3.8, 4) is 5.75 Å². The minimum Gasteiger partial charge on any atom is -0.486 e. The molecule has 0 aliphatic heterocycles. The number of hydrogen-bond donors (Lipinski definition) is 1. The van der Waals surface area contributed by atoms with Crippen molar-refractivity contribution in [3.63, 3.8) is 0 Å². The Morgan fingerprint density at radius 1 is 1.08 bits per heavy atom. The van der Waals surface area contributed by atoms with E-state index in [-0.39, 0.29) is 12.5 Å². The lowest BCUT2D eigenvalue weighted by Crippen LogP contribution is -2.29. The molecule has 0 aliphatic carbocycles. The number of hydrogen-bond acceptors (Lipinski definition) is 3. The number of benzene rings is 2. The number of unbranched alkanes of at least 4 members (excludes halogenated alkanes) is 2. The van der Waals surface area contributed by atoms with Gasteiger partial charge in [0.2, 0.25) is 5.91 Å². The third kappa shape index (κ3) is 4.63. The zero-order valence-corrected chi connectivity index (χ0v) is 15.1. The first-order valence-electron chi connectivity index (χ1n) is 9.16. The summed E-state index contributed by atoms with van der Waals surface area (Å²) in [5.41, 5.74) is 1.82. The minimum absolute atomic E-state index is 0.00483. The van der Waals surface area contributed by atoms with Crippen LogP contribution in [-0.2, 0) is 17.9 Å². The second-order valence-corrected chi connectivity index (χ2v) is 6.26. The van der Waals surface area contributed by atoms with Crippen molar-refractivity contribution in [1.82, 2.24) is 14.9 Å². The van der Waals surface area contributed by atoms with E-state index < -0.39 is 0 Å². The Labute approximate surface area is 154 Å². The van der Waals surface area contributed by atoms with Gasteiger partial charge in [0.05, 0.1) is 11.0 Å². The van der Waals surface area contributed by atoms with Gasteiger partial charge < -0.3 is 14.6 Å². The normalized spacial score (nSPS) is 10.8. The Kier molecular flexibility index (Phi) is 6.25. The first kappa shape index (κ1) is 18.0. The number of imidazole rings is 1. The van der Waals surface area contributed by atoms with E-state index in [2.05, 4.69) is 17.2 Å². The van der Waals surface area contributed by atoms with Gasteiger partial charge in [-0.25, -0.2) is 4.98 Å². The number of ether oxygens (including phenoxy) is 1. The van der Waals surface area contributed by atoms with E-state index in [9.17, 15) is 4.79 Å². The van der Waals surface area contributed by atoms with Crippen LogP contribution < -0.4 is 10.1 Å². The summed E-state index contributed by atoms with van der Waals surface area (Å²) in [5, 5.41) is 2.99. The predicted molar refractivity (Wildman–Crippen MR) is 103 cm³/mol. The zero-order chi connectivity index (χ0) is 18.2. The maximum Gasteiger partial charge on any atom is 0.240 e. The molecule has 0 aliphatic rings. The third-order valence-corrected chi connectivity index (χ3v) is 4.25. The monoisotopic (exact) mass is 351 g/mol. The molecule has 136 valence electrons. The molecule has 0 radical (unpaired) electrons. The summed E-state index contributed by atoms with van der Waals surface area (Å²) in [4.78, 5) is 17.0. The first-order valence-corrected chi connectivity index (χ1v) is 9.16. The van der Waals surface area contributed by atoms with E-state index in [0.29, 0.717) is 6.61 Å². The summed E-state index contributed by atoms with van der Waals surface area (Å²) in [5.74, 6) is 1.54. The van der Waals surface area contributed by atoms with E-state index in [4.69, 9.17) is 4.74 Å². The molecule has 3 rings (SSSR count). The van der Waals surface area contributed by atoms with Gasteiger partial charge in [-0.3, -0.25) is 4.79 Å². The Morgan fingerprint density at radius 3 is 2.65 bits per heavy atom. The van der Waals surface area contributed by atoms with Crippen LogP contribution in [0.5, 0.6) is 5.75 Å². The van der Waals surface area contributed by atoms with Gasteiger partial charge >= 0.3 is 0 Å². The number of amides is 1. The van der Waals surface area contributed by atoms with Crippen LogP contribution >= 0.6 is 0 Å². The average Bonchev–Trinajstić information content (AvgIpc) is 3.02. The van der Waals surface area contributed by atoms with Crippen LogP contribution in [-0.4, -0.2) is 22.0 Å². The molecule has 0 fully saturated rings. The number of rotatable bonds is 9. The summed E-state index contributed by atoms with van der Waals surface area (Å²) in [6, 6.07) is 17.5. The standard InChI is InChI=1S/C21H25N3O2/c1-2-3-9-14-22-21(25)15-24-19-13-8-7-12-18(19)23-20(24)16-26-17-10-5-4-6-11-17/h4-8,10-13H,2-3,9,14-16H2,1H3,(H,22,25). The largest absolute Gasteiger partial charge is 0.486 e. The van der Waals surface area contributed by atoms with Gasteiger partial charge in [-0.05, 0) is 30.7 Å². The van der Waals surface area contributed by atoms with Crippen molar-refractivity contribution in [2.45, 2.75) is 39.3 Å². The number of carbonyl (C=O) groups is 1. The zero-order valence-electron chi connectivity index (χ0n) is 15.1. The Bertz CT molecular complexity index is 843. The van der Waals surface area contributed by atoms with E-state index in [1.165, 1.54) is 0 Å². The highest BCUT2D eigenvalue weighted by Gasteiger charge is 2.14. The van der Waals surface area contributed by atoms with Gasteiger partial charge in [0, 0.05) is 6.54 Å². The number of nitrogens with one attached hydrogen (secondary N) is 1. The highest BCUT2D eigenvalue weighted by molar-refractivity contribution is 5.81. The van der Waals surface area contributed by atoms with Gasteiger partial charge in [0.25, 0.3) is 0 Å². The van der Waals surface area contributed by atoms with Crippen LogP contribution in [0.1, 0.15) is 32.0 Å². The van der Waals surface area contributed by atoms with Gasteiger partial charge in [-0.15, -0.1) is 0 Å². The number of carbonyl (C=O) groups excluding carboxylic acids is 1. The molecule has 0 atom stereocenters. The molecule has 26 heavy (non-hydrogen) atoms. The number of fused-ring (bicyclic) bond motifs is 1. The third-order valence-electron chi connectivity index (χ3n) is 4.25. The Hall–Kier alpha value is -2.82. The second-order valence-electron chi connectivity index (χ2n) is 6.26. The van der Waals surface area contributed by atoms with Crippen molar-refractivity contribution in [2.75, 3.05) is 6.54 Å². The van der Waals surface area contributed by atoms with E-state index in [1.807, 2.05) is 59.2 Å². The van der Waals surface area contributed by atoms with Gasteiger partial charge in [-0.1, -0.05) is 50.1 Å². The molecule has 1 N–H and O–H groups in total.